The van der Waals surface area contributed by atoms with Crippen LogP contribution in [0.25, 0.3) is 0 Å². The lowest BCUT2D eigenvalue weighted by molar-refractivity contribution is -0.0942. The third-order valence-corrected chi connectivity index (χ3v) is 5.28. The third-order valence-electron chi connectivity index (χ3n) is 4.30. The van der Waals surface area contributed by atoms with E-state index in [0.717, 1.165) is 19.8 Å². The molecule has 17 heavy (non-hydrogen) atoms. The van der Waals surface area contributed by atoms with Crippen molar-refractivity contribution >= 4 is 11.8 Å². The molecule has 0 aromatic carbocycles. The van der Waals surface area contributed by atoms with Crippen LogP contribution >= 0.6 is 11.8 Å². The number of rotatable bonds is 2. The molecule has 2 unspecified atom stereocenters. The second-order valence-electron chi connectivity index (χ2n) is 5.56. The van der Waals surface area contributed by atoms with E-state index in [-0.39, 0.29) is 5.60 Å². The second kappa shape index (κ2) is 5.47. The summed E-state index contributed by atoms with van der Waals surface area (Å²) < 4.78 is 11.6. The van der Waals surface area contributed by atoms with Crippen LogP contribution in [0, 0.1) is 0 Å². The Hall–Kier alpha value is 0.230. The van der Waals surface area contributed by atoms with Gasteiger partial charge in [-0.05, 0) is 43.6 Å². The summed E-state index contributed by atoms with van der Waals surface area (Å²) in [5.74, 6) is 2.55. The van der Waals surface area contributed by atoms with E-state index in [9.17, 15) is 0 Å². The molecule has 1 N–H and O–H groups in total. The number of hydrogen-bond acceptors (Lipinski definition) is 4. The summed E-state index contributed by atoms with van der Waals surface area (Å²) in [6.45, 7) is 2.78. The van der Waals surface area contributed by atoms with Crippen molar-refractivity contribution in [3.63, 3.8) is 0 Å². The molecule has 0 amide bonds. The van der Waals surface area contributed by atoms with Crippen molar-refractivity contribution in [1.82, 2.24) is 5.32 Å². The van der Waals surface area contributed by atoms with Gasteiger partial charge in [-0.15, -0.1) is 0 Å². The topological polar surface area (TPSA) is 30.5 Å². The van der Waals surface area contributed by atoms with Crippen LogP contribution in [0.3, 0.4) is 0 Å². The third kappa shape index (κ3) is 2.98. The molecule has 3 nitrogen and oxygen atoms in total. The Morgan fingerprint density at radius 1 is 1.06 bits per heavy atom. The van der Waals surface area contributed by atoms with Crippen molar-refractivity contribution < 1.29 is 9.47 Å². The Kier molecular flexibility index (Phi) is 3.95. The van der Waals surface area contributed by atoms with Crippen molar-refractivity contribution in [3.05, 3.63) is 0 Å². The minimum Gasteiger partial charge on any atom is -0.380 e. The van der Waals surface area contributed by atoms with Gasteiger partial charge in [0.2, 0.25) is 0 Å². The average molecular weight is 257 g/mol. The van der Waals surface area contributed by atoms with Gasteiger partial charge in [-0.1, -0.05) is 0 Å². The summed E-state index contributed by atoms with van der Waals surface area (Å²) >= 11 is 2.08. The maximum Gasteiger partial charge on any atom is 0.0713 e. The molecule has 1 spiro atoms. The highest BCUT2D eigenvalue weighted by atomic mass is 32.2. The van der Waals surface area contributed by atoms with Crippen LogP contribution in [-0.2, 0) is 9.47 Å². The second-order valence-corrected chi connectivity index (χ2v) is 6.79. The highest BCUT2D eigenvalue weighted by Gasteiger charge is 2.39. The van der Waals surface area contributed by atoms with E-state index in [1.807, 2.05) is 0 Å². The van der Waals surface area contributed by atoms with E-state index in [4.69, 9.17) is 9.47 Å². The van der Waals surface area contributed by atoms with Crippen LogP contribution in [0.5, 0.6) is 0 Å². The van der Waals surface area contributed by atoms with E-state index in [0.29, 0.717) is 12.1 Å². The first-order valence-electron chi connectivity index (χ1n) is 6.92. The molecule has 3 aliphatic rings. The summed E-state index contributed by atoms with van der Waals surface area (Å²) in [7, 11) is 0. The molecule has 0 aliphatic carbocycles. The summed E-state index contributed by atoms with van der Waals surface area (Å²) in [6.07, 6.45) is 6.06. The van der Waals surface area contributed by atoms with E-state index in [2.05, 4.69) is 17.1 Å². The fourth-order valence-electron chi connectivity index (χ4n) is 3.26. The summed E-state index contributed by atoms with van der Waals surface area (Å²) in [5.41, 5.74) is 0.209. The van der Waals surface area contributed by atoms with Gasteiger partial charge >= 0.3 is 0 Å². The van der Waals surface area contributed by atoms with Gasteiger partial charge in [0.25, 0.3) is 0 Å². The van der Waals surface area contributed by atoms with Crippen LogP contribution < -0.4 is 5.32 Å². The molecule has 3 saturated heterocycles. The predicted octanol–water partition coefficient (Wildman–Crippen LogP) is 1.81. The van der Waals surface area contributed by atoms with E-state index in [1.54, 1.807) is 0 Å². The molecule has 3 fully saturated rings. The summed E-state index contributed by atoms with van der Waals surface area (Å²) in [5, 5.41) is 3.78. The van der Waals surface area contributed by atoms with Crippen molar-refractivity contribution in [2.24, 2.45) is 0 Å². The lowest BCUT2D eigenvalue weighted by Gasteiger charge is -2.44. The molecule has 0 bridgehead atoms. The monoisotopic (exact) mass is 257 g/mol. The maximum absolute atomic E-state index is 6.12. The Morgan fingerprint density at radius 3 is 2.65 bits per heavy atom. The molecule has 2 atom stereocenters. The fourth-order valence-corrected chi connectivity index (χ4v) is 4.50. The molecule has 98 valence electrons. The van der Waals surface area contributed by atoms with Gasteiger partial charge in [0.15, 0.2) is 0 Å². The van der Waals surface area contributed by atoms with Crippen molar-refractivity contribution in [2.45, 2.75) is 49.8 Å². The Balaban J connectivity index is 1.55. The molecule has 3 aliphatic heterocycles. The number of thioether (sulfide) groups is 1. The van der Waals surface area contributed by atoms with E-state index in [1.165, 1.54) is 43.6 Å². The first-order chi connectivity index (χ1) is 8.36. The molecule has 0 aromatic heterocycles. The standard InChI is InChI=1S/C13H23NO2S/c1-5-15-10-12(1)14-11-2-6-16-13(9-11)3-7-17-8-4-13/h11-12,14H,1-10H2. The number of nitrogens with one attached hydrogen (secondary N) is 1. The van der Waals surface area contributed by atoms with Crippen LogP contribution in [-0.4, -0.2) is 49.0 Å². The smallest absolute Gasteiger partial charge is 0.0713 e. The molecular weight excluding hydrogens is 234 g/mol. The Morgan fingerprint density at radius 2 is 1.88 bits per heavy atom. The van der Waals surface area contributed by atoms with Gasteiger partial charge in [-0.3, -0.25) is 0 Å². The van der Waals surface area contributed by atoms with Crippen LogP contribution in [0.1, 0.15) is 32.1 Å². The van der Waals surface area contributed by atoms with Crippen molar-refractivity contribution in [1.29, 1.82) is 0 Å². The minimum atomic E-state index is 0.209. The molecule has 4 heteroatoms. The van der Waals surface area contributed by atoms with Crippen LogP contribution in [0.15, 0.2) is 0 Å². The highest BCUT2D eigenvalue weighted by Crippen LogP contribution is 2.37. The Labute approximate surface area is 108 Å². The molecule has 0 aromatic rings. The summed E-state index contributed by atoms with van der Waals surface area (Å²) in [4.78, 5) is 0. The zero-order valence-corrected chi connectivity index (χ0v) is 11.3. The van der Waals surface area contributed by atoms with Gasteiger partial charge in [-0.2, -0.15) is 11.8 Å². The van der Waals surface area contributed by atoms with Gasteiger partial charge in [0.1, 0.15) is 0 Å². The van der Waals surface area contributed by atoms with E-state index >= 15 is 0 Å². The largest absolute Gasteiger partial charge is 0.380 e. The summed E-state index contributed by atoms with van der Waals surface area (Å²) in [6, 6.07) is 1.24. The molecular formula is C13H23NO2S. The lowest BCUT2D eigenvalue weighted by Crippen LogP contribution is -2.51. The normalized spacial score (nSPS) is 37.4. The van der Waals surface area contributed by atoms with E-state index < -0.39 is 0 Å². The SMILES string of the molecule is C1CC(NC2CCOC3(CCSCC3)C2)CO1. The maximum atomic E-state index is 6.12. The molecule has 3 rings (SSSR count). The zero-order chi connectivity index (χ0) is 11.6. The first-order valence-corrected chi connectivity index (χ1v) is 8.07. The fraction of sp³-hybridized carbons (Fsp3) is 1.00. The molecule has 0 radical (unpaired) electrons. The zero-order valence-electron chi connectivity index (χ0n) is 10.5. The predicted molar refractivity (Wildman–Crippen MR) is 70.6 cm³/mol. The quantitative estimate of drug-likeness (QED) is 0.817. The average Bonchev–Trinajstić information content (AvgIpc) is 2.83. The number of hydrogen-bond donors (Lipinski definition) is 1. The van der Waals surface area contributed by atoms with Crippen LogP contribution in [0.4, 0.5) is 0 Å². The van der Waals surface area contributed by atoms with Crippen molar-refractivity contribution in [2.75, 3.05) is 31.3 Å². The first kappa shape index (κ1) is 12.3. The lowest BCUT2D eigenvalue weighted by atomic mass is 9.85. The Bertz CT molecular complexity index is 244. The van der Waals surface area contributed by atoms with Gasteiger partial charge in [0, 0.05) is 25.3 Å². The highest BCUT2D eigenvalue weighted by molar-refractivity contribution is 7.99. The van der Waals surface area contributed by atoms with Gasteiger partial charge < -0.3 is 14.8 Å². The van der Waals surface area contributed by atoms with Gasteiger partial charge in [0.05, 0.1) is 12.2 Å². The van der Waals surface area contributed by atoms with Crippen LogP contribution in [0.2, 0.25) is 0 Å². The molecule has 0 saturated carbocycles. The minimum absolute atomic E-state index is 0.209. The van der Waals surface area contributed by atoms with Crippen molar-refractivity contribution in [3.8, 4) is 0 Å². The molecule has 3 heterocycles. The number of ether oxygens (including phenoxy) is 2. The van der Waals surface area contributed by atoms with Gasteiger partial charge in [-0.25, -0.2) is 0 Å².